The molecule has 1 N–H and O–H groups in total. The average Bonchev–Trinajstić information content (AvgIpc) is 2.64. The van der Waals surface area contributed by atoms with Crippen molar-refractivity contribution in [3.63, 3.8) is 0 Å². The van der Waals surface area contributed by atoms with Gasteiger partial charge >= 0.3 is 0 Å². The molecule has 2 rings (SSSR count). The molecule has 0 saturated carbocycles. The number of hydrogen-bond donors (Lipinski definition) is 1. The maximum absolute atomic E-state index is 12.1. The largest absolute Gasteiger partial charge is 0.493 e. The molecule has 0 aliphatic carbocycles. The van der Waals surface area contributed by atoms with Gasteiger partial charge in [-0.05, 0) is 12.1 Å². The fraction of sp³-hybridized carbons (Fsp3) is 0.471. The zero-order valence-electron chi connectivity index (χ0n) is 14.5. The minimum atomic E-state index is -0.387. The van der Waals surface area contributed by atoms with Gasteiger partial charge in [0.2, 0.25) is 11.8 Å². The van der Waals surface area contributed by atoms with Crippen LogP contribution in [0.2, 0.25) is 0 Å². The molecule has 0 atom stereocenters. The van der Waals surface area contributed by atoms with E-state index in [-0.39, 0.29) is 30.9 Å². The highest BCUT2D eigenvalue weighted by Crippen LogP contribution is 2.25. The van der Waals surface area contributed by atoms with Crippen LogP contribution in [0.3, 0.4) is 0 Å². The van der Waals surface area contributed by atoms with E-state index in [2.05, 4.69) is 5.32 Å². The van der Waals surface area contributed by atoms with Crippen LogP contribution in [0.5, 0.6) is 11.5 Å². The molecule has 1 aromatic carbocycles. The SMILES string of the molecule is COc1ccccc1OCC(=O)NCC(=O)N1CCN(C(C)=O)CC1. The molecule has 0 radical (unpaired) electrons. The third kappa shape index (κ3) is 5.37. The number of rotatable bonds is 6. The topological polar surface area (TPSA) is 88.2 Å². The van der Waals surface area contributed by atoms with Gasteiger partial charge in [0, 0.05) is 33.1 Å². The maximum Gasteiger partial charge on any atom is 0.258 e. The van der Waals surface area contributed by atoms with Crippen LogP contribution in [-0.4, -0.2) is 74.0 Å². The number of carbonyl (C=O) groups is 3. The fourth-order valence-electron chi connectivity index (χ4n) is 2.49. The molecule has 0 aromatic heterocycles. The lowest BCUT2D eigenvalue weighted by Crippen LogP contribution is -2.52. The van der Waals surface area contributed by atoms with Gasteiger partial charge in [0.05, 0.1) is 13.7 Å². The van der Waals surface area contributed by atoms with E-state index in [4.69, 9.17) is 9.47 Å². The summed E-state index contributed by atoms with van der Waals surface area (Å²) in [6, 6.07) is 7.01. The van der Waals surface area contributed by atoms with E-state index in [1.165, 1.54) is 14.0 Å². The van der Waals surface area contributed by atoms with Gasteiger partial charge in [-0.3, -0.25) is 14.4 Å². The first-order chi connectivity index (χ1) is 12.0. The third-order valence-corrected chi connectivity index (χ3v) is 3.94. The number of benzene rings is 1. The molecule has 0 unspecified atom stereocenters. The van der Waals surface area contributed by atoms with Crippen molar-refractivity contribution in [3.8, 4) is 11.5 Å². The fourth-order valence-corrected chi connectivity index (χ4v) is 2.49. The molecule has 0 spiro atoms. The molecule has 3 amide bonds. The van der Waals surface area contributed by atoms with Gasteiger partial charge in [-0.1, -0.05) is 12.1 Å². The number of hydrogen-bond acceptors (Lipinski definition) is 5. The number of para-hydroxylation sites is 2. The second-order valence-electron chi connectivity index (χ2n) is 5.60. The van der Waals surface area contributed by atoms with Gasteiger partial charge in [0.15, 0.2) is 18.1 Å². The van der Waals surface area contributed by atoms with Crippen LogP contribution in [0.15, 0.2) is 24.3 Å². The first-order valence-corrected chi connectivity index (χ1v) is 8.07. The number of amides is 3. The lowest BCUT2D eigenvalue weighted by molar-refractivity contribution is -0.138. The highest BCUT2D eigenvalue weighted by atomic mass is 16.5. The second kappa shape index (κ2) is 8.91. The summed E-state index contributed by atoms with van der Waals surface area (Å²) in [4.78, 5) is 38.5. The Balaban J connectivity index is 1.71. The van der Waals surface area contributed by atoms with Crippen LogP contribution in [0, 0.1) is 0 Å². The average molecular weight is 349 g/mol. The van der Waals surface area contributed by atoms with Crippen molar-refractivity contribution in [2.24, 2.45) is 0 Å². The zero-order valence-corrected chi connectivity index (χ0v) is 14.5. The number of ether oxygens (including phenoxy) is 2. The van der Waals surface area contributed by atoms with E-state index < -0.39 is 0 Å². The Hall–Kier alpha value is -2.77. The second-order valence-corrected chi connectivity index (χ2v) is 5.60. The van der Waals surface area contributed by atoms with Gasteiger partial charge in [0.25, 0.3) is 5.91 Å². The van der Waals surface area contributed by atoms with E-state index in [1.807, 2.05) is 0 Å². The molecule has 25 heavy (non-hydrogen) atoms. The van der Waals surface area contributed by atoms with Crippen molar-refractivity contribution in [2.75, 3.05) is 46.4 Å². The van der Waals surface area contributed by atoms with Gasteiger partial charge in [-0.25, -0.2) is 0 Å². The van der Waals surface area contributed by atoms with Crippen LogP contribution in [0.4, 0.5) is 0 Å². The van der Waals surface area contributed by atoms with E-state index in [1.54, 1.807) is 34.1 Å². The van der Waals surface area contributed by atoms with Gasteiger partial charge in [-0.2, -0.15) is 0 Å². The molecular weight excluding hydrogens is 326 g/mol. The van der Waals surface area contributed by atoms with E-state index in [0.717, 1.165) is 0 Å². The first-order valence-electron chi connectivity index (χ1n) is 8.07. The number of nitrogens with zero attached hydrogens (tertiary/aromatic N) is 2. The highest BCUT2D eigenvalue weighted by Gasteiger charge is 2.22. The molecule has 1 saturated heterocycles. The Morgan fingerprint density at radius 1 is 1.04 bits per heavy atom. The molecule has 136 valence electrons. The van der Waals surface area contributed by atoms with Crippen molar-refractivity contribution < 1.29 is 23.9 Å². The Morgan fingerprint density at radius 2 is 1.64 bits per heavy atom. The van der Waals surface area contributed by atoms with Gasteiger partial charge < -0.3 is 24.6 Å². The standard InChI is InChI=1S/C17H23N3O5/c1-13(21)19-7-9-20(10-8-19)17(23)11-18-16(22)12-25-15-6-4-3-5-14(15)24-2/h3-6H,7-12H2,1-2H3,(H,18,22). The summed E-state index contributed by atoms with van der Waals surface area (Å²) in [6.45, 7) is 3.22. The van der Waals surface area contributed by atoms with Crippen molar-refractivity contribution in [1.82, 2.24) is 15.1 Å². The van der Waals surface area contributed by atoms with Crippen molar-refractivity contribution in [2.45, 2.75) is 6.92 Å². The Morgan fingerprint density at radius 3 is 2.24 bits per heavy atom. The van der Waals surface area contributed by atoms with Crippen LogP contribution in [0.25, 0.3) is 0 Å². The Labute approximate surface area is 146 Å². The summed E-state index contributed by atoms with van der Waals surface area (Å²) in [6.07, 6.45) is 0. The predicted octanol–water partition coefficient (Wildman–Crippen LogP) is -0.119. The van der Waals surface area contributed by atoms with Crippen LogP contribution < -0.4 is 14.8 Å². The van der Waals surface area contributed by atoms with E-state index in [0.29, 0.717) is 37.7 Å². The quantitative estimate of drug-likeness (QED) is 0.774. The van der Waals surface area contributed by atoms with Crippen molar-refractivity contribution >= 4 is 17.7 Å². The minimum Gasteiger partial charge on any atom is -0.493 e. The lowest BCUT2D eigenvalue weighted by atomic mass is 10.3. The smallest absolute Gasteiger partial charge is 0.258 e. The predicted molar refractivity (Wildman–Crippen MR) is 90.3 cm³/mol. The van der Waals surface area contributed by atoms with Crippen molar-refractivity contribution in [3.05, 3.63) is 24.3 Å². The monoisotopic (exact) mass is 349 g/mol. The summed E-state index contributed by atoms with van der Waals surface area (Å²) >= 11 is 0. The molecule has 1 heterocycles. The Kier molecular flexibility index (Phi) is 6.62. The lowest BCUT2D eigenvalue weighted by Gasteiger charge is -2.34. The highest BCUT2D eigenvalue weighted by molar-refractivity contribution is 5.85. The zero-order chi connectivity index (χ0) is 18.2. The molecule has 1 aliphatic rings. The van der Waals surface area contributed by atoms with Crippen molar-refractivity contribution in [1.29, 1.82) is 0 Å². The van der Waals surface area contributed by atoms with E-state index >= 15 is 0 Å². The number of nitrogens with one attached hydrogen (secondary N) is 1. The van der Waals surface area contributed by atoms with Crippen LogP contribution in [0.1, 0.15) is 6.92 Å². The Bertz CT molecular complexity index is 626. The van der Waals surface area contributed by atoms with Gasteiger partial charge in [-0.15, -0.1) is 0 Å². The summed E-state index contributed by atoms with van der Waals surface area (Å²) in [5, 5.41) is 2.54. The van der Waals surface area contributed by atoms with E-state index in [9.17, 15) is 14.4 Å². The molecule has 8 nitrogen and oxygen atoms in total. The minimum absolute atomic E-state index is 0.00823. The number of carbonyl (C=O) groups excluding carboxylic acids is 3. The van der Waals surface area contributed by atoms with Crippen LogP contribution >= 0.6 is 0 Å². The molecule has 1 aromatic rings. The normalized spacial score (nSPS) is 14.0. The molecule has 1 fully saturated rings. The van der Waals surface area contributed by atoms with Crippen LogP contribution in [-0.2, 0) is 14.4 Å². The molecule has 0 bridgehead atoms. The maximum atomic E-state index is 12.1. The summed E-state index contributed by atoms with van der Waals surface area (Å²) in [5.74, 6) is 0.450. The number of piperazine rings is 1. The van der Waals surface area contributed by atoms with Gasteiger partial charge in [0.1, 0.15) is 0 Å². The summed E-state index contributed by atoms with van der Waals surface area (Å²) in [5.41, 5.74) is 0. The summed E-state index contributed by atoms with van der Waals surface area (Å²) < 4.78 is 10.5. The first kappa shape index (κ1) is 18.6. The number of methoxy groups -OCH3 is 1. The molecular formula is C17H23N3O5. The molecule has 1 aliphatic heterocycles. The third-order valence-electron chi connectivity index (χ3n) is 3.94. The molecule has 8 heteroatoms. The summed E-state index contributed by atoms with van der Waals surface area (Å²) in [7, 11) is 1.52.